The predicted molar refractivity (Wildman–Crippen MR) is 279 cm³/mol. The molecule has 1 amide bonds. The number of phosphoric ester groups is 1. The van der Waals surface area contributed by atoms with Crippen LogP contribution in [0.2, 0.25) is 0 Å². The van der Waals surface area contributed by atoms with Crippen LogP contribution in [0.5, 0.6) is 0 Å². The SMILES string of the molecule is CCCCCC/C=C/CC/C=C/C(O)C(COP(=O)([O-])OCC[N+](C)(C)C)NC(=O)CCCCCCCCCCCCCCCCCCC/C=C\CCCCCCCCCCCCCC. The molecule has 2 N–H and O–H groups in total. The first kappa shape index (κ1) is 63.7. The van der Waals surface area contributed by atoms with Crippen LogP contribution in [0.4, 0.5) is 0 Å². The summed E-state index contributed by atoms with van der Waals surface area (Å²) in [5.41, 5.74) is 0. The second-order valence-electron chi connectivity index (χ2n) is 20.3. The van der Waals surface area contributed by atoms with Crippen LogP contribution in [-0.4, -0.2) is 68.5 Å². The van der Waals surface area contributed by atoms with Crippen molar-refractivity contribution < 1.29 is 32.9 Å². The Morgan fingerprint density at radius 3 is 1.26 bits per heavy atom. The molecule has 0 spiro atoms. The molecule has 384 valence electrons. The molecule has 0 heterocycles. The summed E-state index contributed by atoms with van der Waals surface area (Å²) in [6.07, 6.45) is 61.1. The first-order chi connectivity index (χ1) is 31.5. The fourth-order valence-electron chi connectivity index (χ4n) is 8.17. The number of carbonyl (C=O) groups is 1. The number of aliphatic hydroxyl groups excluding tert-OH is 1. The summed E-state index contributed by atoms with van der Waals surface area (Å²) < 4.78 is 23.2. The Bertz CT molecular complexity index is 1150. The van der Waals surface area contributed by atoms with Gasteiger partial charge in [-0.15, -0.1) is 0 Å². The zero-order chi connectivity index (χ0) is 47.8. The van der Waals surface area contributed by atoms with Crippen molar-refractivity contribution in [1.82, 2.24) is 5.32 Å². The van der Waals surface area contributed by atoms with E-state index in [9.17, 15) is 19.4 Å². The van der Waals surface area contributed by atoms with Crippen LogP contribution in [0.3, 0.4) is 0 Å². The molecule has 0 aliphatic rings. The van der Waals surface area contributed by atoms with Crippen molar-refractivity contribution >= 4 is 13.7 Å². The summed E-state index contributed by atoms with van der Waals surface area (Å²) in [4.78, 5) is 25.3. The summed E-state index contributed by atoms with van der Waals surface area (Å²) in [7, 11) is 1.25. The first-order valence-electron chi connectivity index (χ1n) is 27.9. The summed E-state index contributed by atoms with van der Waals surface area (Å²) in [5, 5.41) is 13.7. The lowest BCUT2D eigenvalue weighted by molar-refractivity contribution is -0.870. The molecule has 0 aliphatic carbocycles. The maximum Gasteiger partial charge on any atom is 0.268 e. The Labute approximate surface area is 404 Å². The molecule has 0 aliphatic heterocycles. The number of allylic oxidation sites excluding steroid dienone is 5. The number of nitrogens with one attached hydrogen (secondary N) is 1. The van der Waals surface area contributed by atoms with E-state index in [1.807, 2.05) is 27.2 Å². The molecule has 65 heavy (non-hydrogen) atoms. The molecule has 0 aromatic rings. The highest BCUT2D eigenvalue weighted by Gasteiger charge is 2.23. The molecule has 0 radical (unpaired) electrons. The number of quaternary nitrogens is 1. The Hall–Kier alpha value is -1.28. The van der Waals surface area contributed by atoms with E-state index in [1.165, 1.54) is 205 Å². The molecular weight excluding hydrogens is 828 g/mol. The van der Waals surface area contributed by atoms with Crippen LogP contribution in [0.15, 0.2) is 36.5 Å². The van der Waals surface area contributed by atoms with E-state index in [0.717, 1.165) is 38.5 Å². The Balaban J connectivity index is 3.94. The molecular formula is C56H109N2O6P. The topological polar surface area (TPSA) is 108 Å². The fourth-order valence-corrected chi connectivity index (χ4v) is 8.89. The van der Waals surface area contributed by atoms with Gasteiger partial charge in [0.2, 0.25) is 5.91 Å². The summed E-state index contributed by atoms with van der Waals surface area (Å²) >= 11 is 0. The van der Waals surface area contributed by atoms with Crippen molar-refractivity contribution in [2.24, 2.45) is 0 Å². The lowest BCUT2D eigenvalue weighted by atomic mass is 10.0. The van der Waals surface area contributed by atoms with Gasteiger partial charge in [-0.3, -0.25) is 9.36 Å². The number of aliphatic hydroxyl groups is 1. The van der Waals surface area contributed by atoms with Gasteiger partial charge < -0.3 is 28.8 Å². The van der Waals surface area contributed by atoms with Gasteiger partial charge in [-0.05, 0) is 57.8 Å². The number of rotatable bonds is 51. The number of unbranched alkanes of at least 4 members (excludes halogenated alkanes) is 34. The van der Waals surface area contributed by atoms with Crippen molar-refractivity contribution in [2.75, 3.05) is 40.9 Å². The van der Waals surface area contributed by atoms with Gasteiger partial charge in [-0.1, -0.05) is 237 Å². The van der Waals surface area contributed by atoms with Crippen LogP contribution in [0, 0.1) is 0 Å². The molecule has 0 saturated heterocycles. The quantitative estimate of drug-likeness (QED) is 0.0272. The molecule has 0 fully saturated rings. The number of hydrogen-bond acceptors (Lipinski definition) is 6. The number of amides is 1. The summed E-state index contributed by atoms with van der Waals surface area (Å²) in [6.45, 7) is 4.61. The van der Waals surface area contributed by atoms with Gasteiger partial charge in [0, 0.05) is 6.42 Å². The predicted octanol–water partition coefficient (Wildman–Crippen LogP) is 16.0. The van der Waals surface area contributed by atoms with Gasteiger partial charge >= 0.3 is 0 Å². The smallest absolute Gasteiger partial charge is 0.268 e. The minimum atomic E-state index is -4.59. The third-order valence-corrected chi connectivity index (χ3v) is 13.5. The Kier molecular flexibility index (Phi) is 46.8. The number of carbonyl (C=O) groups excluding carboxylic acids is 1. The number of hydrogen-bond donors (Lipinski definition) is 2. The molecule has 9 heteroatoms. The number of phosphoric acid groups is 1. The van der Waals surface area contributed by atoms with Crippen LogP contribution in [0.25, 0.3) is 0 Å². The molecule has 0 bridgehead atoms. The first-order valence-corrected chi connectivity index (χ1v) is 29.3. The minimum absolute atomic E-state index is 0.00559. The van der Waals surface area contributed by atoms with Crippen molar-refractivity contribution in [3.05, 3.63) is 36.5 Å². The van der Waals surface area contributed by atoms with Crippen LogP contribution in [-0.2, 0) is 18.4 Å². The second-order valence-corrected chi connectivity index (χ2v) is 21.7. The average molecular weight is 937 g/mol. The molecule has 0 rings (SSSR count). The highest BCUT2D eigenvalue weighted by molar-refractivity contribution is 7.45. The maximum atomic E-state index is 12.9. The number of nitrogens with zero attached hydrogens (tertiary/aromatic N) is 1. The lowest BCUT2D eigenvalue weighted by Crippen LogP contribution is -2.45. The normalized spacial score (nSPS) is 14.3. The maximum absolute atomic E-state index is 12.9. The van der Waals surface area contributed by atoms with Gasteiger partial charge in [0.15, 0.2) is 0 Å². The number of likely N-dealkylation sites (N-methyl/N-ethyl adjacent to an activating group) is 1. The molecule has 3 atom stereocenters. The fraction of sp³-hybridized carbons (Fsp3) is 0.875. The van der Waals surface area contributed by atoms with Crippen LogP contribution < -0.4 is 10.2 Å². The molecule has 3 unspecified atom stereocenters. The lowest BCUT2D eigenvalue weighted by Gasteiger charge is -2.29. The molecule has 0 saturated carbocycles. The zero-order valence-electron chi connectivity index (χ0n) is 43.7. The van der Waals surface area contributed by atoms with Gasteiger partial charge in [-0.25, -0.2) is 0 Å². The average Bonchev–Trinajstić information content (AvgIpc) is 3.26. The van der Waals surface area contributed by atoms with Gasteiger partial charge in [0.1, 0.15) is 13.2 Å². The molecule has 8 nitrogen and oxygen atoms in total. The van der Waals surface area contributed by atoms with Gasteiger partial charge in [-0.2, -0.15) is 0 Å². The Morgan fingerprint density at radius 1 is 0.523 bits per heavy atom. The third kappa shape index (κ3) is 50.4. The molecule has 0 aromatic heterocycles. The van der Waals surface area contributed by atoms with E-state index >= 15 is 0 Å². The van der Waals surface area contributed by atoms with Crippen LogP contribution in [0.1, 0.15) is 264 Å². The van der Waals surface area contributed by atoms with E-state index in [1.54, 1.807) is 6.08 Å². The van der Waals surface area contributed by atoms with E-state index in [4.69, 9.17) is 9.05 Å². The van der Waals surface area contributed by atoms with Gasteiger partial charge in [0.25, 0.3) is 7.82 Å². The summed E-state index contributed by atoms with van der Waals surface area (Å²) in [6, 6.07) is -0.900. The second kappa shape index (κ2) is 47.8. The standard InChI is InChI=1S/C56H109N2O6P/c1-6-8-10-12-14-16-18-19-20-21-22-23-24-25-26-27-28-29-30-31-32-33-34-35-36-37-38-39-40-42-44-46-48-50-56(60)57-54(53-64-65(61,62)63-52-51-58(3,4)5)55(59)49-47-45-43-41-17-15-13-11-9-7-2/h17,25-26,41,47,49,54-55,59H,6-16,18-24,27-40,42-46,48,50-53H2,1-5H3,(H-,57,60,61,62)/b26-25-,41-17+,49-47+. The highest BCUT2D eigenvalue weighted by Crippen LogP contribution is 2.38. The van der Waals surface area contributed by atoms with E-state index in [-0.39, 0.29) is 12.5 Å². The van der Waals surface area contributed by atoms with E-state index < -0.39 is 26.6 Å². The highest BCUT2D eigenvalue weighted by atomic mass is 31.2. The van der Waals surface area contributed by atoms with Crippen LogP contribution >= 0.6 is 7.82 Å². The van der Waals surface area contributed by atoms with E-state index in [0.29, 0.717) is 17.4 Å². The summed E-state index contributed by atoms with van der Waals surface area (Å²) in [5.74, 6) is -0.206. The zero-order valence-corrected chi connectivity index (χ0v) is 44.6. The van der Waals surface area contributed by atoms with Gasteiger partial charge in [0.05, 0.1) is 39.9 Å². The van der Waals surface area contributed by atoms with Crippen molar-refractivity contribution in [3.8, 4) is 0 Å². The molecule has 0 aromatic carbocycles. The van der Waals surface area contributed by atoms with Crippen molar-refractivity contribution in [3.63, 3.8) is 0 Å². The Morgan fingerprint density at radius 2 is 0.862 bits per heavy atom. The van der Waals surface area contributed by atoms with Crippen molar-refractivity contribution in [2.45, 2.75) is 276 Å². The third-order valence-electron chi connectivity index (χ3n) is 12.6. The largest absolute Gasteiger partial charge is 0.756 e. The monoisotopic (exact) mass is 937 g/mol. The van der Waals surface area contributed by atoms with E-state index in [2.05, 4.69) is 43.5 Å². The minimum Gasteiger partial charge on any atom is -0.756 e. The van der Waals surface area contributed by atoms with Crippen molar-refractivity contribution in [1.29, 1.82) is 0 Å².